The summed E-state index contributed by atoms with van der Waals surface area (Å²) in [6, 6.07) is 11.4. The van der Waals surface area contributed by atoms with Gasteiger partial charge in [-0.25, -0.2) is 0 Å². The van der Waals surface area contributed by atoms with E-state index < -0.39 is 0 Å². The molecule has 0 bridgehead atoms. The number of hydrogen-bond acceptors (Lipinski definition) is 8. The van der Waals surface area contributed by atoms with E-state index in [0.29, 0.717) is 25.2 Å². The Kier molecular flexibility index (Phi) is 9.71. The van der Waals surface area contributed by atoms with Gasteiger partial charge in [0.05, 0.1) is 6.61 Å². The van der Waals surface area contributed by atoms with Crippen LogP contribution in [0.1, 0.15) is 13.3 Å². The number of thioether (sulfide) groups is 2. The first-order valence-corrected chi connectivity index (χ1v) is 13.2. The van der Waals surface area contributed by atoms with Crippen molar-refractivity contribution in [1.82, 2.24) is 4.98 Å². The van der Waals surface area contributed by atoms with E-state index in [4.69, 9.17) is 9.47 Å². The minimum Gasteiger partial charge on any atom is -0.493 e. The first-order valence-electron chi connectivity index (χ1n) is 10.1. The summed E-state index contributed by atoms with van der Waals surface area (Å²) in [7, 11) is 0. The fourth-order valence-electron chi connectivity index (χ4n) is 2.75. The number of nitrogens with zero attached hydrogens (tertiary/aromatic N) is 1. The molecular formula is C23H25NO4S3. The number of esters is 1. The molecule has 0 N–H and O–H groups in total. The number of carbonyl (C=O) groups excluding carboxylic acids is 1. The van der Waals surface area contributed by atoms with Gasteiger partial charge in [-0.2, -0.15) is 23.5 Å². The Morgan fingerprint density at radius 2 is 1.77 bits per heavy atom. The molecule has 0 saturated heterocycles. The molecule has 0 aliphatic carbocycles. The van der Waals surface area contributed by atoms with Crippen molar-refractivity contribution in [3.05, 3.63) is 58.3 Å². The van der Waals surface area contributed by atoms with Gasteiger partial charge >= 0.3 is 5.97 Å². The van der Waals surface area contributed by atoms with E-state index in [2.05, 4.69) is 4.98 Å². The van der Waals surface area contributed by atoms with E-state index >= 15 is 0 Å². The van der Waals surface area contributed by atoms with Gasteiger partial charge in [0.1, 0.15) is 12.4 Å². The molecule has 0 amide bonds. The Balaban J connectivity index is 1.36. The number of aromatic nitrogens is 1. The standard InChI is InChI=1S/C23H25NO4S3/c1-2-22(25)28-10-12-30-14-13-29-11-9-27-19-5-3-17(4-6-19)20-15-18-16-24-8-7-21(18)31-23(20)26/h3-8,15-16H,2,9-14H2,1H3. The van der Waals surface area contributed by atoms with Crippen LogP contribution in [0, 0.1) is 0 Å². The van der Waals surface area contributed by atoms with Crippen molar-refractivity contribution >= 4 is 50.9 Å². The molecular weight excluding hydrogens is 450 g/mol. The molecule has 31 heavy (non-hydrogen) atoms. The monoisotopic (exact) mass is 475 g/mol. The number of pyridine rings is 1. The first kappa shape index (κ1) is 23.6. The second kappa shape index (κ2) is 12.7. The highest BCUT2D eigenvalue weighted by atomic mass is 32.2. The Hall–Kier alpha value is -2.03. The van der Waals surface area contributed by atoms with Crippen molar-refractivity contribution in [2.75, 3.05) is 36.2 Å². The highest BCUT2D eigenvalue weighted by molar-refractivity contribution is 8.02. The minimum absolute atomic E-state index is 0.0464. The van der Waals surface area contributed by atoms with Crippen LogP contribution in [0.15, 0.2) is 53.6 Å². The predicted octanol–water partition coefficient (Wildman–Crippen LogP) is 5.12. The summed E-state index contributed by atoms with van der Waals surface area (Å²) in [5.41, 5.74) is 1.57. The van der Waals surface area contributed by atoms with Crippen molar-refractivity contribution in [3.8, 4) is 16.9 Å². The summed E-state index contributed by atoms with van der Waals surface area (Å²) >= 11 is 4.88. The predicted molar refractivity (Wildman–Crippen MR) is 133 cm³/mol. The summed E-state index contributed by atoms with van der Waals surface area (Å²) in [6.45, 7) is 2.93. The third kappa shape index (κ3) is 7.55. The Labute approximate surface area is 194 Å². The molecule has 0 radical (unpaired) electrons. The zero-order chi connectivity index (χ0) is 21.9. The molecule has 5 nitrogen and oxygen atoms in total. The Morgan fingerprint density at radius 1 is 1.03 bits per heavy atom. The number of hydrogen-bond donors (Lipinski definition) is 0. The van der Waals surface area contributed by atoms with Crippen LogP contribution in [-0.2, 0) is 9.53 Å². The fourth-order valence-corrected chi connectivity index (χ4v) is 5.35. The lowest BCUT2D eigenvalue weighted by Gasteiger charge is -2.08. The highest BCUT2D eigenvalue weighted by Crippen LogP contribution is 2.25. The molecule has 3 rings (SSSR count). The summed E-state index contributed by atoms with van der Waals surface area (Å²) in [4.78, 5) is 27.6. The number of ether oxygens (including phenoxy) is 2. The van der Waals surface area contributed by atoms with E-state index in [9.17, 15) is 9.59 Å². The smallest absolute Gasteiger partial charge is 0.305 e. The van der Waals surface area contributed by atoms with Gasteiger partial charge in [0.15, 0.2) is 0 Å². The lowest BCUT2D eigenvalue weighted by molar-refractivity contribution is -0.142. The van der Waals surface area contributed by atoms with Gasteiger partial charge < -0.3 is 9.47 Å². The van der Waals surface area contributed by atoms with Crippen molar-refractivity contribution in [2.45, 2.75) is 13.3 Å². The van der Waals surface area contributed by atoms with Crippen molar-refractivity contribution in [2.24, 2.45) is 0 Å². The zero-order valence-corrected chi connectivity index (χ0v) is 19.8. The van der Waals surface area contributed by atoms with E-state index in [-0.39, 0.29) is 10.7 Å². The third-order valence-electron chi connectivity index (χ3n) is 4.35. The quantitative estimate of drug-likeness (QED) is 0.266. The van der Waals surface area contributed by atoms with E-state index in [1.165, 1.54) is 11.3 Å². The van der Waals surface area contributed by atoms with Crippen LogP contribution in [0.4, 0.5) is 0 Å². The molecule has 3 aromatic rings. The summed E-state index contributed by atoms with van der Waals surface area (Å²) < 4.78 is 11.8. The molecule has 2 aromatic heterocycles. The SMILES string of the molecule is CCC(=O)OCCSCCSCCOc1ccc(-c2cc3cnccc3sc2=O)cc1. The largest absolute Gasteiger partial charge is 0.493 e. The number of carbonyl (C=O) groups is 1. The molecule has 0 aliphatic heterocycles. The molecule has 8 heteroatoms. The van der Waals surface area contributed by atoms with Crippen LogP contribution in [0.5, 0.6) is 5.75 Å². The molecule has 164 valence electrons. The van der Waals surface area contributed by atoms with Crippen LogP contribution < -0.4 is 9.48 Å². The minimum atomic E-state index is -0.135. The fraction of sp³-hybridized carbons (Fsp3) is 0.348. The van der Waals surface area contributed by atoms with Gasteiger partial charge in [0, 0.05) is 57.5 Å². The van der Waals surface area contributed by atoms with Gasteiger partial charge in [-0.1, -0.05) is 30.4 Å². The molecule has 0 unspecified atom stereocenters. The van der Waals surface area contributed by atoms with Crippen molar-refractivity contribution in [1.29, 1.82) is 0 Å². The topological polar surface area (TPSA) is 65.5 Å². The summed E-state index contributed by atoms with van der Waals surface area (Å²) in [5.74, 6) is 4.49. The number of fused-ring (bicyclic) bond motifs is 1. The number of rotatable bonds is 12. The van der Waals surface area contributed by atoms with Crippen molar-refractivity contribution < 1.29 is 14.3 Å². The summed E-state index contributed by atoms with van der Waals surface area (Å²) in [5, 5.41) is 0.972. The molecule has 0 atom stereocenters. The lowest BCUT2D eigenvalue weighted by Crippen LogP contribution is -2.06. The van der Waals surface area contributed by atoms with E-state index in [0.717, 1.165) is 44.4 Å². The van der Waals surface area contributed by atoms with Crippen LogP contribution in [0.2, 0.25) is 0 Å². The molecule has 0 fully saturated rings. The van der Waals surface area contributed by atoms with Gasteiger partial charge in [0.2, 0.25) is 4.74 Å². The maximum atomic E-state index is 12.5. The second-order valence-corrected chi connectivity index (χ2v) is 10.00. The molecule has 0 aliphatic rings. The Morgan fingerprint density at radius 3 is 2.52 bits per heavy atom. The second-order valence-electron chi connectivity index (χ2n) is 6.53. The summed E-state index contributed by atoms with van der Waals surface area (Å²) in [6.07, 6.45) is 3.92. The van der Waals surface area contributed by atoms with Crippen LogP contribution in [-0.4, -0.2) is 47.2 Å². The maximum Gasteiger partial charge on any atom is 0.305 e. The number of benzene rings is 1. The normalized spacial score (nSPS) is 10.9. The lowest BCUT2D eigenvalue weighted by atomic mass is 10.1. The molecule has 2 heterocycles. The Bertz CT molecular complexity index is 1040. The van der Waals surface area contributed by atoms with E-state index in [1.807, 2.05) is 48.2 Å². The van der Waals surface area contributed by atoms with Gasteiger partial charge in [-0.3, -0.25) is 14.6 Å². The molecule has 0 spiro atoms. The van der Waals surface area contributed by atoms with Crippen LogP contribution in [0.3, 0.4) is 0 Å². The maximum absolute atomic E-state index is 12.5. The van der Waals surface area contributed by atoms with Crippen LogP contribution in [0.25, 0.3) is 21.2 Å². The van der Waals surface area contributed by atoms with E-state index in [1.54, 1.807) is 31.1 Å². The average molecular weight is 476 g/mol. The van der Waals surface area contributed by atoms with Gasteiger partial charge in [-0.05, 0) is 29.8 Å². The average Bonchev–Trinajstić information content (AvgIpc) is 2.80. The highest BCUT2D eigenvalue weighted by Gasteiger charge is 2.07. The molecule has 0 saturated carbocycles. The van der Waals surface area contributed by atoms with Gasteiger partial charge in [0.25, 0.3) is 0 Å². The molecule has 1 aromatic carbocycles. The first-order chi connectivity index (χ1) is 15.2. The zero-order valence-electron chi connectivity index (χ0n) is 17.4. The third-order valence-corrected chi connectivity index (χ3v) is 7.50. The van der Waals surface area contributed by atoms with Crippen LogP contribution >= 0.6 is 34.9 Å². The van der Waals surface area contributed by atoms with Crippen molar-refractivity contribution in [3.63, 3.8) is 0 Å². The van der Waals surface area contributed by atoms with Gasteiger partial charge in [-0.15, -0.1) is 0 Å².